The number of carbonyl (C=O) groups excluding carboxylic acids is 1. The molecule has 3 rings (SSSR count). The SMILES string of the molecule is N#Cc1c[nH]c(C(=O)NCc2noc([C@H]3CCCO3)n2)c1. The molecule has 0 spiro atoms. The third-order valence-electron chi connectivity index (χ3n) is 3.15. The summed E-state index contributed by atoms with van der Waals surface area (Å²) in [7, 11) is 0. The number of ether oxygens (including phenoxy) is 1. The second-order valence-corrected chi connectivity index (χ2v) is 4.65. The summed E-state index contributed by atoms with van der Waals surface area (Å²) in [4.78, 5) is 18.8. The van der Waals surface area contributed by atoms with Crippen molar-refractivity contribution in [3.63, 3.8) is 0 Å². The standard InChI is InChI=1S/C13H13N5O3/c14-5-8-4-9(15-6-8)12(19)16-7-11-17-13(21-18-11)10-2-1-3-20-10/h4,6,10,15H,1-3,7H2,(H,16,19)/t10-/m1/s1. The van der Waals surface area contributed by atoms with Crippen LogP contribution >= 0.6 is 0 Å². The zero-order chi connectivity index (χ0) is 14.7. The number of aromatic nitrogens is 3. The molecule has 1 aliphatic rings. The van der Waals surface area contributed by atoms with Crippen molar-refractivity contribution in [2.75, 3.05) is 6.61 Å². The molecule has 0 saturated carbocycles. The second kappa shape index (κ2) is 5.76. The molecule has 3 heterocycles. The molecule has 1 amide bonds. The number of nitrogens with one attached hydrogen (secondary N) is 2. The Morgan fingerprint density at radius 3 is 3.24 bits per heavy atom. The van der Waals surface area contributed by atoms with Crippen LogP contribution in [0.1, 0.15) is 46.7 Å². The van der Waals surface area contributed by atoms with Crippen LogP contribution in [0.4, 0.5) is 0 Å². The Hall–Kier alpha value is -2.66. The normalized spacial score (nSPS) is 17.6. The molecule has 0 aliphatic carbocycles. The van der Waals surface area contributed by atoms with Gasteiger partial charge in [-0.3, -0.25) is 4.79 Å². The van der Waals surface area contributed by atoms with E-state index in [0.29, 0.717) is 29.6 Å². The maximum absolute atomic E-state index is 11.8. The van der Waals surface area contributed by atoms with Crippen LogP contribution in [0.5, 0.6) is 0 Å². The van der Waals surface area contributed by atoms with E-state index >= 15 is 0 Å². The van der Waals surface area contributed by atoms with E-state index in [0.717, 1.165) is 12.8 Å². The van der Waals surface area contributed by atoms with E-state index in [-0.39, 0.29) is 18.6 Å². The van der Waals surface area contributed by atoms with Crippen LogP contribution in [0.3, 0.4) is 0 Å². The Labute approximate surface area is 120 Å². The summed E-state index contributed by atoms with van der Waals surface area (Å²) in [5.74, 6) is 0.504. The fourth-order valence-electron chi connectivity index (χ4n) is 2.09. The van der Waals surface area contributed by atoms with Crippen LogP contribution in [-0.2, 0) is 11.3 Å². The molecule has 0 unspecified atom stereocenters. The summed E-state index contributed by atoms with van der Waals surface area (Å²) in [6.07, 6.45) is 3.18. The molecule has 8 heteroatoms. The molecule has 1 saturated heterocycles. The lowest BCUT2D eigenvalue weighted by molar-refractivity contribution is 0.0835. The smallest absolute Gasteiger partial charge is 0.268 e. The van der Waals surface area contributed by atoms with Gasteiger partial charge in [0.15, 0.2) is 5.82 Å². The molecule has 1 fully saturated rings. The molecule has 21 heavy (non-hydrogen) atoms. The van der Waals surface area contributed by atoms with Gasteiger partial charge < -0.3 is 19.6 Å². The van der Waals surface area contributed by atoms with E-state index in [9.17, 15) is 4.79 Å². The van der Waals surface area contributed by atoms with Gasteiger partial charge in [-0.1, -0.05) is 5.16 Å². The summed E-state index contributed by atoms with van der Waals surface area (Å²) >= 11 is 0. The number of rotatable bonds is 4. The molecular formula is C13H13N5O3. The maximum atomic E-state index is 11.8. The Morgan fingerprint density at radius 2 is 2.52 bits per heavy atom. The summed E-state index contributed by atoms with van der Waals surface area (Å²) in [6.45, 7) is 0.850. The van der Waals surface area contributed by atoms with Gasteiger partial charge in [-0.2, -0.15) is 10.2 Å². The fourth-order valence-corrected chi connectivity index (χ4v) is 2.09. The number of nitriles is 1. The number of nitrogens with zero attached hydrogens (tertiary/aromatic N) is 3. The van der Waals surface area contributed by atoms with E-state index < -0.39 is 0 Å². The molecular weight excluding hydrogens is 274 g/mol. The van der Waals surface area contributed by atoms with E-state index in [4.69, 9.17) is 14.5 Å². The van der Waals surface area contributed by atoms with Crippen LogP contribution in [0.2, 0.25) is 0 Å². The van der Waals surface area contributed by atoms with Gasteiger partial charge in [-0.05, 0) is 18.9 Å². The average molecular weight is 287 g/mol. The third kappa shape index (κ3) is 2.93. The van der Waals surface area contributed by atoms with Crippen molar-refractivity contribution in [2.24, 2.45) is 0 Å². The van der Waals surface area contributed by atoms with Crippen LogP contribution < -0.4 is 5.32 Å². The number of H-pyrrole nitrogens is 1. The van der Waals surface area contributed by atoms with Gasteiger partial charge in [0.05, 0.1) is 12.1 Å². The van der Waals surface area contributed by atoms with E-state index in [2.05, 4.69) is 20.4 Å². The van der Waals surface area contributed by atoms with Crippen molar-refractivity contribution in [1.82, 2.24) is 20.4 Å². The summed E-state index contributed by atoms with van der Waals surface area (Å²) in [5, 5.41) is 15.2. The third-order valence-corrected chi connectivity index (χ3v) is 3.15. The molecule has 1 aliphatic heterocycles. The van der Waals surface area contributed by atoms with Gasteiger partial charge in [0.2, 0.25) is 0 Å². The first-order valence-electron chi connectivity index (χ1n) is 6.57. The Morgan fingerprint density at radius 1 is 1.62 bits per heavy atom. The summed E-state index contributed by atoms with van der Waals surface area (Å²) in [6, 6.07) is 3.42. The van der Waals surface area contributed by atoms with Gasteiger partial charge >= 0.3 is 0 Å². The molecule has 8 nitrogen and oxygen atoms in total. The van der Waals surface area contributed by atoms with Crippen LogP contribution in [-0.4, -0.2) is 27.6 Å². The van der Waals surface area contributed by atoms with E-state index in [1.54, 1.807) is 0 Å². The van der Waals surface area contributed by atoms with E-state index in [1.807, 2.05) is 6.07 Å². The molecule has 108 valence electrons. The fraction of sp³-hybridized carbons (Fsp3) is 0.385. The summed E-state index contributed by atoms with van der Waals surface area (Å²) in [5.41, 5.74) is 0.717. The van der Waals surface area contributed by atoms with Crippen molar-refractivity contribution in [1.29, 1.82) is 5.26 Å². The van der Waals surface area contributed by atoms with Crippen LogP contribution in [0.25, 0.3) is 0 Å². The molecule has 2 N–H and O–H groups in total. The van der Waals surface area contributed by atoms with E-state index in [1.165, 1.54) is 12.3 Å². The topological polar surface area (TPSA) is 117 Å². The Balaban J connectivity index is 1.57. The van der Waals surface area contributed by atoms with Gasteiger partial charge in [0.25, 0.3) is 11.8 Å². The molecule has 2 aromatic heterocycles. The molecule has 0 radical (unpaired) electrons. The second-order valence-electron chi connectivity index (χ2n) is 4.65. The largest absolute Gasteiger partial charge is 0.368 e. The first-order chi connectivity index (χ1) is 10.3. The highest BCUT2D eigenvalue weighted by molar-refractivity contribution is 5.92. The highest BCUT2D eigenvalue weighted by Gasteiger charge is 2.23. The van der Waals surface area contributed by atoms with Gasteiger partial charge in [0, 0.05) is 12.8 Å². The number of carbonyl (C=O) groups is 1. The molecule has 2 aromatic rings. The number of aromatic amines is 1. The van der Waals surface area contributed by atoms with Crippen molar-refractivity contribution in [3.05, 3.63) is 35.2 Å². The predicted octanol–water partition coefficient (Wildman–Crippen LogP) is 1.05. The maximum Gasteiger partial charge on any atom is 0.268 e. The van der Waals surface area contributed by atoms with Crippen molar-refractivity contribution >= 4 is 5.91 Å². The number of hydrogen-bond donors (Lipinski definition) is 2. The van der Waals surface area contributed by atoms with Crippen molar-refractivity contribution < 1.29 is 14.1 Å². The van der Waals surface area contributed by atoms with Crippen molar-refractivity contribution in [2.45, 2.75) is 25.5 Å². The van der Waals surface area contributed by atoms with Gasteiger partial charge in [0.1, 0.15) is 17.9 Å². The molecule has 0 aromatic carbocycles. The van der Waals surface area contributed by atoms with Gasteiger partial charge in [-0.25, -0.2) is 0 Å². The lowest BCUT2D eigenvalue weighted by Gasteiger charge is -2.01. The Bertz CT molecular complexity index is 678. The first-order valence-corrected chi connectivity index (χ1v) is 6.57. The van der Waals surface area contributed by atoms with Crippen LogP contribution in [0.15, 0.2) is 16.8 Å². The minimum Gasteiger partial charge on any atom is -0.368 e. The number of hydrogen-bond acceptors (Lipinski definition) is 6. The zero-order valence-corrected chi connectivity index (χ0v) is 11.1. The number of amides is 1. The average Bonchev–Trinajstić information content (AvgIpc) is 3.24. The van der Waals surface area contributed by atoms with Crippen LogP contribution in [0, 0.1) is 11.3 Å². The minimum absolute atomic E-state index is 0.136. The minimum atomic E-state index is -0.333. The predicted molar refractivity (Wildman–Crippen MR) is 68.9 cm³/mol. The monoisotopic (exact) mass is 287 g/mol. The zero-order valence-electron chi connectivity index (χ0n) is 11.1. The highest BCUT2D eigenvalue weighted by atomic mass is 16.5. The first kappa shape index (κ1) is 13.3. The van der Waals surface area contributed by atoms with Crippen molar-refractivity contribution in [3.8, 4) is 6.07 Å². The molecule has 1 atom stereocenters. The lowest BCUT2D eigenvalue weighted by atomic mass is 10.2. The quantitative estimate of drug-likeness (QED) is 0.868. The lowest BCUT2D eigenvalue weighted by Crippen LogP contribution is -2.23. The van der Waals surface area contributed by atoms with Gasteiger partial charge in [-0.15, -0.1) is 0 Å². The molecule has 0 bridgehead atoms. The summed E-state index contributed by atoms with van der Waals surface area (Å²) < 4.78 is 10.6. The Kier molecular flexibility index (Phi) is 3.66. The highest BCUT2D eigenvalue weighted by Crippen LogP contribution is 2.26.